The maximum atomic E-state index is 13.0. The number of hydrogen-bond donors (Lipinski definition) is 1. The maximum Gasteiger partial charge on any atom is 0.242 e. The molecule has 1 atom stereocenters. The van der Waals surface area contributed by atoms with Gasteiger partial charge in [0.1, 0.15) is 4.90 Å². The van der Waals surface area contributed by atoms with Crippen LogP contribution in [0.1, 0.15) is 24.0 Å². The van der Waals surface area contributed by atoms with E-state index >= 15 is 0 Å². The molecule has 2 heterocycles. The second kappa shape index (κ2) is 8.10. The number of pyridine rings is 1. The monoisotopic (exact) mass is 421 g/mol. The molecule has 3 aromatic rings. The lowest BCUT2D eigenvalue weighted by molar-refractivity contribution is 0.128. The van der Waals surface area contributed by atoms with Gasteiger partial charge in [-0.2, -0.15) is 0 Å². The second-order valence-electron chi connectivity index (χ2n) is 8.52. The molecule has 2 aromatic carbocycles. The van der Waals surface area contributed by atoms with Crippen LogP contribution in [0, 0.1) is 5.92 Å². The summed E-state index contributed by atoms with van der Waals surface area (Å²) in [5.74, 6) is 0.333. The highest BCUT2D eigenvalue weighted by atomic mass is 32.2. The normalized spacial score (nSPS) is 20.5. The van der Waals surface area contributed by atoms with Crippen LogP contribution in [-0.2, 0) is 22.9 Å². The molecule has 30 heavy (non-hydrogen) atoms. The van der Waals surface area contributed by atoms with Crippen molar-refractivity contribution in [2.45, 2.75) is 36.6 Å². The second-order valence-corrected chi connectivity index (χ2v) is 10.3. The number of nitrogens with one attached hydrogen (secondary N) is 1. The van der Waals surface area contributed by atoms with Gasteiger partial charge in [0.25, 0.3) is 0 Å². The largest absolute Gasteiger partial charge is 0.299 e. The van der Waals surface area contributed by atoms with E-state index in [1.165, 1.54) is 11.1 Å². The number of hydrogen-bond acceptors (Lipinski definition) is 4. The molecule has 0 amide bonds. The number of nitrogens with zero attached hydrogens (tertiary/aromatic N) is 2. The number of rotatable bonds is 5. The summed E-state index contributed by atoms with van der Waals surface area (Å²) in [5, 5.41) is 0.838. The Balaban J connectivity index is 1.25. The number of fused-ring (bicyclic) bond motifs is 2. The van der Waals surface area contributed by atoms with E-state index in [4.69, 9.17) is 0 Å². The molecule has 1 N–H and O–H groups in total. The number of piperidine rings is 1. The molecule has 5 nitrogen and oxygen atoms in total. The molecular formula is C24H27N3O2S. The SMILES string of the molecule is O=S(=O)(NCC1CCCN(C2Cc3ccccc3C2)C1)c1cccc2cccnc12. The summed E-state index contributed by atoms with van der Waals surface area (Å²) in [6, 6.07) is 18.3. The Morgan fingerprint density at radius 1 is 1.00 bits per heavy atom. The van der Waals surface area contributed by atoms with E-state index in [0.29, 0.717) is 24.0 Å². The number of likely N-dealkylation sites (tertiary alicyclic amines) is 1. The Hall–Kier alpha value is -2.28. The Morgan fingerprint density at radius 2 is 1.77 bits per heavy atom. The lowest BCUT2D eigenvalue weighted by Gasteiger charge is -2.36. The Bertz CT molecular complexity index is 1130. The standard InChI is InChI=1S/C24H27N3O2S/c28-30(29,23-11-3-9-19-10-4-12-25-24(19)23)26-16-18-6-5-13-27(17-18)22-14-20-7-1-2-8-21(20)15-22/h1-4,7-12,18,22,26H,5-6,13-17H2. The predicted octanol–water partition coefficient (Wildman–Crippen LogP) is 3.39. The zero-order valence-electron chi connectivity index (χ0n) is 17.0. The molecule has 1 unspecified atom stereocenters. The lowest BCUT2D eigenvalue weighted by atomic mass is 9.96. The van der Waals surface area contributed by atoms with E-state index in [1.54, 1.807) is 18.3 Å². The molecule has 0 spiro atoms. The van der Waals surface area contributed by atoms with Crippen molar-refractivity contribution in [2.75, 3.05) is 19.6 Å². The van der Waals surface area contributed by atoms with Crippen LogP contribution < -0.4 is 4.72 Å². The predicted molar refractivity (Wildman–Crippen MR) is 119 cm³/mol. The van der Waals surface area contributed by atoms with Crippen molar-refractivity contribution in [3.05, 3.63) is 71.9 Å². The first kappa shape index (κ1) is 19.7. The van der Waals surface area contributed by atoms with Crippen molar-refractivity contribution in [3.8, 4) is 0 Å². The molecule has 6 heteroatoms. The van der Waals surface area contributed by atoms with Gasteiger partial charge in [0, 0.05) is 30.7 Å². The van der Waals surface area contributed by atoms with E-state index in [9.17, 15) is 8.42 Å². The van der Waals surface area contributed by atoms with Gasteiger partial charge in [-0.25, -0.2) is 13.1 Å². The van der Waals surface area contributed by atoms with Gasteiger partial charge < -0.3 is 0 Å². The van der Waals surface area contributed by atoms with E-state index < -0.39 is 10.0 Å². The maximum absolute atomic E-state index is 13.0. The van der Waals surface area contributed by atoms with E-state index in [1.807, 2.05) is 18.2 Å². The van der Waals surface area contributed by atoms with Crippen LogP contribution in [0.15, 0.2) is 65.7 Å². The Kier molecular flexibility index (Phi) is 5.31. The summed E-state index contributed by atoms with van der Waals surface area (Å²) in [7, 11) is -3.60. The zero-order valence-corrected chi connectivity index (χ0v) is 17.8. The molecule has 0 saturated carbocycles. The van der Waals surface area contributed by atoms with E-state index in [-0.39, 0.29) is 4.90 Å². The van der Waals surface area contributed by atoms with Gasteiger partial charge in [-0.1, -0.05) is 42.5 Å². The number of para-hydroxylation sites is 1. The van der Waals surface area contributed by atoms with Crippen molar-refractivity contribution >= 4 is 20.9 Å². The first-order valence-corrected chi connectivity index (χ1v) is 12.2. The van der Waals surface area contributed by atoms with Crippen molar-refractivity contribution in [1.82, 2.24) is 14.6 Å². The molecule has 0 radical (unpaired) electrons. The highest BCUT2D eigenvalue weighted by Gasteiger charge is 2.31. The van der Waals surface area contributed by atoms with Crippen molar-refractivity contribution < 1.29 is 8.42 Å². The minimum atomic E-state index is -3.60. The third-order valence-corrected chi connectivity index (χ3v) is 8.00. The summed E-state index contributed by atoms with van der Waals surface area (Å²) in [6.07, 6.45) is 6.04. The van der Waals surface area contributed by atoms with Gasteiger partial charge in [0.05, 0.1) is 5.52 Å². The highest BCUT2D eigenvalue weighted by Crippen LogP contribution is 2.29. The molecule has 0 bridgehead atoms. The summed E-state index contributed by atoms with van der Waals surface area (Å²) in [4.78, 5) is 7.13. The summed E-state index contributed by atoms with van der Waals surface area (Å²) in [5.41, 5.74) is 3.46. The van der Waals surface area contributed by atoms with Crippen molar-refractivity contribution in [3.63, 3.8) is 0 Å². The topological polar surface area (TPSA) is 62.3 Å². The van der Waals surface area contributed by atoms with Crippen molar-refractivity contribution in [1.29, 1.82) is 0 Å². The van der Waals surface area contributed by atoms with Gasteiger partial charge in [0.15, 0.2) is 0 Å². The van der Waals surface area contributed by atoms with Crippen LogP contribution in [0.3, 0.4) is 0 Å². The van der Waals surface area contributed by atoms with Crippen LogP contribution in [0.5, 0.6) is 0 Å². The number of aromatic nitrogens is 1. The van der Waals surface area contributed by atoms with Crippen LogP contribution in [-0.4, -0.2) is 44.0 Å². The molecule has 156 valence electrons. The quantitative estimate of drug-likeness (QED) is 0.686. The Labute approximate surface area is 178 Å². The fourth-order valence-electron chi connectivity index (χ4n) is 4.99. The van der Waals surface area contributed by atoms with Crippen molar-refractivity contribution in [2.24, 2.45) is 5.92 Å². The molecule has 2 aliphatic rings. The zero-order chi connectivity index (χ0) is 20.6. The van der Waals surface area contributed by atoms with Gasteiger partial charge >= 0.3 is 0 Å². The molecule has 1 aliphatic heterocycles. The highest BCUT2D eigenvalue weighted by molar-refractivity contribution is 7.89. The minimum absolute atomic E-state index is 0.263. The van der Waals surface area contributed by atoms with Crippen LogP contribution in [0.25, 0.3) is 10.9 Å². The first-order chi connectivity index (χ1) is 14.6. The fourth-order valence-corrected chi connectivity index (χ4v) is 6.28. The van der Waals surface area contributed by atoms with Crippen LogP contribution >= 0.6 is 0 Å². The average Bonchev–Trinajstić information content (AvgIpc) is 3.22. The van der Waals surface area contributed by atoms with Gasteiger partial charge in [0.2, 0.25) is 10.0 Å². The van der Waals surface area contributed by atoms with Crippen LogP contribution in [0.4, 0.5) is 0 Å². The molecule has 1 saturated heterocycles. The Morgan fingerprint density at radius 3 is 2.57 bits per heavy atom. The van der Waals surface area contributed by atoms with E-state index in [2.05, 4.69) is 38.9 Å². The molecule has 1 aliphatic carbocycles. The summed E-state index contributed by atoms with van der Waals surface area (Å²) < 4.78 is 28.9. The smallest absolute Gasteiger partial charge is 0.242 e. The lowest BCUT2D eigenvalue weighted by Crippen LogP contribution is -2.46. The van der Waals surface area contributed by atoms with Gasteiger partial charge in [-0.15, -0.1) is 0 Å². The van der Waals surface area contributed by atoms with E-state index in [0.717, 1.165) is 44.2 Å². The summed E-state index contributed by atoms with van der Waals surface area (Å²) in [6.45, 7) is 2.53. The fraction of sp³-hybridized carbons (Fsp3) is 0.375. The minimum Gasteiger partial charge on any atom is -0.299 e. The third kappa shape index (κ3) is 3.87. The molecule has 1 aromatic heterocycles. The molecular weight excluding hydrogens is 394 g/mol. The number of benzene rings is 2. The molecule has 1 fully saturated rings. The van der Waals surface area contributed by atoms with Gasteiger partial charge in [-0.05, 0) is 61.4 Å². The average molecular weight is 422 g/mol. The first-order valence-electron chi connectivity index (χ1n) is 10.7. The summed E-state index contributed by atoms with van der Waals surface area (Å²) >= 11 is 0. The number of sulfonamides is 1. The molecule has 5 rings (SSSR count). The third-order valence-electron chi connectivity index (χ3n) is 6.54. The van der Waals surface area contributed by atoms with Crippen LogP contribution in [0.2, 0.25) is 0 Å². The van der Waals surface area contributed by atoms with Gasteiger partial charge in [-0.3, -0.25) is 9.88 Å².